The second-order valence-corrected chi connectivity index (χ2v) is 8.89. The van der Waals surface area contributed by atoms with Gasteiger partial charge < -0.3 is 5.32 Å². The zero-order valence-electron chi connectivity index (χ0n) is 17.7. The molecule has 0 radical (unpaired) electrons. The Morgan fingerprint density at radius 1 is 1.03 bits per heavy atom. The van der Waals surface area contributed by atoms with Gasteiger partial charge in [0.25, 0.3) is 0 Å². The van der Waals surface area contributed by atoms with E-state index in [-0.39, 0.29) is 11.7 Å². The van der Waals surface area contributed by atoms with E-state index in [1.807, 2.05) is 5.38 Å². The highest BCUT2D eigenvalue weighted by atomic mass is 32.1. The number of carbonyl (C=O) groups is 1. The van der Waals surface area contributed by atoms with Crippen LogP contribution in [0.3, 0.4) is 0 Å². The van der Waals surface area contributed by atoms with E-state index in [0.717, 1.165) is 54.6 Å². The van der Waals surface area contributed by atoms with E-state index in [4.69, 9.17) is 4.98 Å². The average Bonchev–Trinajstić information content (AvgIpc) is 3.24. The molecule has 1 saturated heterocycles. The Hall–Kier alpha value is -2.61. The van der Waals surface area contributed by atoms with Crippen LogP contribution in [0, 0.1) is 12.7 Å². The molecule has 4 rings (SSSR count). The van der Waals surface area contributed by atoms with Crippen molar-refractivity contribution in [1.29, 1.82) is 0 Å². The molecule has 1 aromatic heterocycles. The lowest BCUT2D eigenvalue weighted by Crippen LogP contribution is -2.49. The molecule has 1 aliphatic heterocycles. The molecule has 0 saturated carbocycles. The van der Waals surface area contributed by atoms with Gasteiger partial charge in [0, 0.05) is 43.7 Å². The van der Waals surface area contributed by atoms with Gasteiger partial charge in [0.2, 0.25) is 5.91 Å². The van der Waals surface area contributed by atoms with Crippen LogP contribution in [0.4, 0.5) is 4.39 Å². The van der Waals surface area contributed by atoms with Gasteiger partial charge in [0.05, 0.1) is 18.8 Å². The molecular weight excluding hydrogens is 411 g/mol. The Labute approximate surface area is 186 Å². The van der Waals surface area contributed by atoms with E-state index in [1.54, 1.807) is 23.5 Å². The third-order valence-corrected chi connectivity index (χ3v) is 6.33. The molecule has 162 valence electrons. The van der Waals surface area contributed by atoms with E-state index >= 15 is 0 Å². The molecule has 2 heterocycles. The smallest absolute Gasteiger partial charge is 0.234 e. The van der Waals surface area contributed by atoms with Gasteiger partial charge in [-0.3, -0.25) is 14.6 Å². The number of carbonyl (C=O) groups excluding carboxylic acids is 1. The van der Waals surface area contributed by atoms with Gasteiger partial charge in [-0.15, -0.1) is 11.3 Å². The summed E-state index contributed by atoms with van der Waals surface area (Å²) < 4.78 is 13.1. The van der Waals surface area contributed by atoms with Crippen molar-refractivity contribution >= 4 is 17.2 Å². The summed E-state index contributed by atoms with van der Waals surface area (Å²) in [4.78, 5) is 21.6. The molecule has 0 atom stereocenters. The van der Waals surface area contributed by atoms with Crippen molar-refractivity contribution in [3.05, 3.63) is 75.9 Å². The first-order valence-corrected chi connectivity index (χ1v) is 11.4. The molecule has 0 aliphatic carbocycles. The van der Waals surface area contributed by atoms with Crippen LogP contribution in [0.25, 0.3) is 11.3 Å². The predicted octanol–water partition coefficient (Wildman–Crippen LogP) is 3.69. The van der Waals surface area contributed by atoms with Crippen LogP contribution in [0.1, 0.15) is 16.1 Å². The molecule has 0 unspecified atom stereocenters. The van der Waals surface area contributed by atoms with Gasteiger partial charge >= 0.3 is 0 Å². The summed E-state index contributed by atoms with van der Waals surface area (Å²) in [5, 5.41) is 6.10. The summed E-state index contributed by atoms with van der Waals surface area (Å²) in [7, 11) is 0. The Kier molecular flexibility index (Phi) is 7.06. The summed E-state index contributed by atoms with van der Waals surface area (Å²) in [5.41, 5.74) is 4.17. The number of aryl methyl sites for hydroxylation is 1. The van der Waals surface area contributed by atoms with Gasteiger partial charge in [-0.05, 0) is 36.8 Å². The van der Waals surface area contributed by atoms with E-state index in [0.29, 0.717) is 13.1 Å². The van der Waals surface area contributed by atoms with Crippen LogP contribution in [-0.4, -0.2) is 53.4 Å². The van der Waals surface area contributed by atoms with Crippen molar-refractivity contribution in [2.45, 2.75) is 20.0 Å². The number of nitrogens with zero attached hydrogens (tertiary/aromatic N) is 3. The number of hydrogen-bond acceptors (Lipinski definition) is 5. The first-order valence-electron chi connectivity index (χ1n) is 10.5. The van der Waals surface area contributed by atoms with Gasteiger partial charge in [-0.25, -0.2) is 9.37 Å². The summed E-state index contributed by atoms with van der Waals surface area (Å²) in [5.74, 6) is -0.168. The topological polar surface area (TPSA) is 48.5 Å². The molecule has 0 spiro atoms. The maximum absolute atomic E-state index is 13.1. The number of halogens is 1. The van der Waals surface area contributed by atoms with Gasteiger partial charge in [-0.1, -0.05) is 29.8 Å². The molecular formula is C24H27FN4OS. The van der Waals surface area contributed by atoms with E-state index in [2.05, 4.69) is 46.3 Å². The third kappa shape index (κ3) is 6.19. The molecule has 1 aliphatic rings. The number of rotatable bonds is 7. The molecule has 0 bridgehead atoms. The molecule has 31 heavy (non-hydrogen) atoms. The van der Waals surface area contributed by atoms with Crippen LogP contribution in [-0.2, 0) is 17.9 Å². The first kappa shape index (κ1) is 21.6. The summed E-state index contributed by atoms with van der Waals surface area (Å²) in [6.07, 6.45) is 0. The normalized spacial score (nSPS) is 15.2. The van der Waals surface area contributed by atoms with E-state index < -0.39 is 0 Å². The number of aromatic nitrogens is 1. The summed E-state index contributed by atoms with van der Waals surface area (Å²) in [6, 6.07) is 14.7. The van der Waals surface area contributed by atoms with E-state index in [9.17, 15) is 9.18 Å². The van der Waals surface area contributed by atoms with Crippen molar-refractivity contribution in [3.8, 4) is 11.3 Å². The van der Waals surface area contributed by atoms with Gasteiger partial charge in [0.1, 0.15) is 10.8 Å². The molecule has 7 heteroatoms. The number of piperazine rings is 1. The van der Waals surface area contributed by atoms with Gasteiger partial charge in [-0.2, -0.15) is 0 Å². The number of hydrogen-bond donors (Lipinski definition) is 1. The van der Waals surface area contributed by atoms with Crippen LogP contribution >= 0.6 is 11.3 Å². The Bertz CT molecular complexity index is 995. The van der Waals surface area contributed by atoms with E-state index in [1.165, 1.54) is 17.7 Å². The summed E-state index contributed by atoms with van der Waals surface area (Å²) >= 11 is 1.63. The lowest BCUT2D eigenvalue weighted by molar-refractivity contribution is -0.122. The minimum Gasteiger partial charge on any atom is -0.351 e. The fourth-order valence-electron chi connectivity index (χ4n) is 3.60. The number of nitrogens with one attached hydrogen (secondary N) is 1. The van der Waals surface area contributed by atoms with Crippen LogP contribution in [0.15, 0.2) is 53.9 Å². The lowest BCUT2D eigenvalue weighted by Gasteiger charge is -2.33. The van der Waals surface area contributed by atoms with Crippen LogP contribution in [0.5, 0.6) is 0 Å². The number of benzene rings is 2. The molecule has 3 aromatic rings. The minimum atomic E-state index is -0.235. The third-order valence-electron chi connectivity index (χ3n) is 5.49. The fraction of sp³-hybridized carbons (Fsp3) is 0.333. The molecule has 1 amide bonds. The van der Waals surface area contributed by atoms with Crippen molar-refractivity contribution in [1.82, 2.24) is 20.1 Å². The predicted molar refractivity (Wildman–Crippen MR) is 122 cm³/mol. The highest BCUT2D eigenvalue weighted by molar-refractivity contribution is 7.09. The van der Waals surface area contributed by atoms with Gasteiger partial charge in [0.15, 0.2) is 0 Å². The zero-order chi connectivity index (χ0) is 21.6. The quantitative estimate of drug-likeness (QED) is 0.611. The van der Waals surface area contributed by atoms with Crippen molar-refractivity contribution in [2.24, 2.45) is 0 Å². The monoisotopic (exact) mass is 438 g/mol. The zero-order valence-corrected chi connectivity index (χ0v) is 18.5. The molecule has 1 fully saturated rings. The average molecular weight is 439 g/mol. The fourth-order valence-corrected chi connectivity index (χ4v) is 4.44. The highest BCUT2D eigenvalue weighted by Crippen LogP contribution is 2.23. The number of amides is 1. The first-order chi connectivity index (χ1) is 15.0. The van der Waals surface area contributed by atoms with Crippen LogP contribution < -0.4 is 5.32 Å². The Morgan fingerprint density at radius 3 is 2.42 bits per heavy atom. The standard InChI is InChI=1S/C24H27FN4OS/c1-18-2-4-19(5-3-18)14-26-23(30)15-28-10-12-29(13-11-28)16-24-27-22(17-31-24)20-6-8-21(25)9-7-20/h2-9,17H,10-16H2,1H3,(H,26,30). The highest BCUT2D eigenvalue weighted by Gasteiger charge is 2.20. The Morgan fingerprint density at radius 2 is 1.71 bits per heavy atom. The van der Waals surface area contributed by atoms with Crippen molar-refractivity contribution < 1.29 is 9.18 Å². The maximum atomic E-state index is 13.1. The minimum absolute atomic E-state index is 0.0675. The van der Waals surface area contributed by atoms with Crippen molar-refractivity contribution in [2.75, 3.05) is 32.7 Å². The second kappa shape index (κ2) is 10.1. The number of thiazole rings is 1. The maximum Gasteiger partial charge on any atom is 0.234 e. The molecule has 1 N–H and O–H groups in total. The Balaban J connectivity index is 1.19. The lowest BCUT2D eigenvalue weighted by atomic mass is 10.1. The summed E-state index contributed by atoms with van der Waals surface area (Å²) in [6.45, 7) is 7.43. The SMILES string of the molecule is Cc1ccc(CNC(=O)CN2CCN(Cc3nc(-c4ccc(F)cc4)cs3)CC2)cc1. The van der Waals surface area contributed by atoms with Crippen molar-refractivity contribution in [3.63, 3.8) is 0 Å². The molecule has 2 aromatic carbocycles. The largest absolute Gasteiger partial charge is 0.351 e. The molecule has 5 nitrogen and oxygen atoms in total. The second-order valence-electron chi connectivity index (χ2n) is 7.95. The van der Waals surface area contributed by atoms with Crippen LogP contribution in [0.2, 0.25) is 0 Å².